The molecule has 0 unspecified atom stereocenters. The highest BCUT2D eigenvalue weighted by Gasteiger charge is 2.26. The second-order valence-corrected chi connectivity index (χ2v) is 4.01. The lowest BCUT2D eigenvalue weighted by Crippen LogP contribution is -2.32. The van der Waals surface area contributed by atoms with Gasteiger partial charge in [0.2, 0.25) is 0 Å². The van der Waals surface area contributed by atoms with E-state index in [1.165, 1.54) is 11.1 Å². The van der Waals surface area contributed by atoms with Crippen LogP contribution in [0.15, 0.2) is 12.1 Å². The van der Waals surface area contributed by atoms with E-state index in [2.05, 4.69) is 6.92 Å². The van der Waals surface area contributed by atoms with Crippen LogP contribution in [0.1, 0.15) is 29.7 Å². The number of hydrogen-bond donors (Lipinski definition) is 1. The van der Waals surface area contributed by atoms with Crippen molar-refractivity contribution >= 4 is 0 Å². The number of rotatable bonds is 1. The highest BCUT2D eigenvalue weighted by Crippen LogP contribution is 2.34. The molecule has 3 heteroatoms. The summed E-state index contributed by atoms with van der Waals surface area (Å²) in [6.45, 7) is 4.71. The van der Waals surface area contributed by atoms with Gasteiger partial charge in [-0.05, 0) is 36.6 Å². The van der Waals surface area contributed by atoms with Crippen LogP contribution in [0.4, 0.5) is 0 Å². The van der Waals surface area contributed by atoms with Gasteiger partial charge >= 0.3 is 0 Å². The highest BCUT2D eigenvalue weighted by molar-refractivity contribution is 5.46. The molecule has 1 aliphatic heterocycles. The van der Waals surface area contributed by atoms with Crippen molar-refractivity contribution in [3.8, 4) is 5.75 Å². The lowest BCUT2D eigenvalue weighted by atomic mass is 9.91. The van der Waals surface area contributed by atoms with Crippen LogP contribution in [0.3, 0.4) is 0 Å². The average molecular weight is 207 g/mol. The van der Waals surface area contributed by atoms with E-state index in [1.807, 2.05) is 19.1 Å². The molecule has 0 radical (unpaired) electrons. The van der Waals surface area contributed by atoms with Gasteiger partial charge in [-0.1, -0.05) is 6.07 Å². The van der Waals surface area contributed by atoms with Crippen LogP contribution in [-0.4, -0.2) is 13.2 Å². The van der Waals surface area contributed by atoms with Crippen LogP contribution in [0.5, 0.6) is 5.75 Å². The van der Waals surface area contributed by atoms with Gasteiger partial charge in [-0.25, -0.2) is 0 Å². The zero-order chi connectivity index (χ0) is 11.0. The lowest BCUT2D eigenvalue weighted by Gasteiger charge is -2.30. The Morgan fingerprint density at radius 1 is 1.47 bits per heavy atom. The van der Waals surface area contributed by atoms with Crippen LogP contribution < -0.4 is 10.5 Å². The normalized spacial score (nSPS) is 24.8. The van der Waals surface area contributed by atoms with E-state index in [-0.39, 0.29) is 12.1 Å². The topological polar surface area (TPSA) is 44.5 Å². The monoisotopic (exact) mass is 207 g/mol. The molecule has 2 N–H and O–H groups in total. The van der Waals surface area contributed by atoms with Crippen molar-refractivity contribution < 1.29 is 9.47 Å². The van der Waals surface area contributed by atoms with Gasteiger partial charge in [-0.15, -0.1) is 0 Å². The second kappa shape index (κ2) is 3.83. The van der Waals surface area contributed by atoms with Gasteiger partial charge in [0.1, 0.15) is 5.75 Å². The predicted molar refractivity (Wildman–Crippen MR) is 58.9 cm³/mol. The summed E-state index contributed by atoms with van der Waals surface area (Å²) in [5, 5.41) is 0. The van der Waals surface area contributed by atoms with E-state index >= 15 is 0 Å². The molecule has 1 aliphatic rings. The molecule has 82 valence electrons. The first-order valence-corrected chi connectivity index (χ1v) is 5.18. The molecule has 0 aliphatic carbocycles. The van der Waals surface area contributed by atoms with E-state index in [0.29, 0.717) is 6.61 Å². The molecule has 0 saturated heterocycles. The number of benzene rings is 1. The fraction of sp³-hybridized carbons (Fsp3) is 0.500. The van der Waals surface area contributed by atoms with E-state index in [4.69, 9.17) is 15.2 Å². The second-order valence-electron chi connectivity index (χ2n) is 4.01. The molecule has 1 heterocycles. The minimum absolute atomic E-state index is 0.0520. The molecule has 1 aromatic rings. The van der Waals surface area contributed by atoms with E-state index in [9.17, 15) is 0 Å². The summed E-state index contributed by atoms with van der Waals surface area (Å²) in [4.78, 5) is 0. The molecule has 1 aromatic carbocycles. The Morgan fingerprint density at radius 3 is 2.87 bits per heavy atom. The summed E-state index contributed by atoms with van der Waals surface area (Å²) in [6.07, 6.45) is 0.0725. The molecule has 15 heavy (non-hydrogen) atoms. The molecule has 2 atom stereocenters. The van der Waals surface area contributed by atoms with Crippen LogP contribution in [-0.2, 0) is 11.3 Å². The first kappa shape index (κ1) is 10.5. The molecular formula is C12H17NO2. The summed E-state index contributed by atoms with van der Waals surface area (Å²) in [6, 6.07) is 3.96. The molecular weight excluding hydrogens is 190 g/mol. The number of ether oxygens (including phenoxy) is 2. The predicted octanol–water partition coefficient (Wildman–Crippen LogP) is 1.92. The first-order chi connectivity index (χ1) is 7.15. The summed E-state index contributed by atoms with van der Waals surface area (Å²) in [5.74, 6) is 0.901. The molecule has 0 aromatic heterocycles. The van der Waals surface area contributed by atoms with Crippen molar-refractivity contribution in [2.24, 2.45) is 5.73 Å². The molecule has 0 amide bonds. The zero-order valence-electron chi connectivity index (χ0n) is 9.41. The van der Waals surface area contributed by atoms with Gasteiger partial charge in [-0.2, -0.15) is 0 Å². The molecule has 0 bridgehead atoms. The van der Waals surface area contributed by atoms with Crippen LogP contribution in [0.2, 0.25) is 0 Å². The molecule has 0 fully saturated rings. The molecule has 3 nitrogen and oxygen atoms in total. The molecule has 0 saturated carbocycles. The maximum atomic E-state index is 6.13. The Hall–Kier alpha value is -1.06. The number of fused-ring (bicyclic) bond motifs is 1. The first-order valence-electron chi connectivity index (χ1n) is 5.18. The zero-order valence-corrected chi connectivity index (χ0v) is 9.41. The maximum absolute atomic E-state index is 6.13. The van der Waals surface area contributed by atoms with Crippen molar-refractivity contribution in [1.82, 2.24) is 0 Å². The Morgan fingerprint density at radius 2 is 2.20 bits per heavy atom. The van der Waals surface area contributed by atoms with Crippen molar-refractivity contribution in [3.05, 3.63) is 28.8 Å². The van der Waals surface area contributed by atoms with Crippen molar-refractivity contribution in [3.63, 3.8) is 0 Å². The molecule has 0 spiro atoms. The summed E-state index contributed by atoms with van der Waals surface area (Å²) < 4.78 is 10.9. The fourth-order valence-electron chi connectivity index (χ4n) is 2.14. The summed E-state index contributed by atoms with van der Waals surface area (Å²) in [7, 11) is 1.68. The minimum atomic E-state index is -0.0520. The highest BCUT2D eigenvalue weighted by atomic mass is 16.5. The smallest absolute Gasteiger partial charge is 0.122 e. The van der Waals surface area contributed by atoms with Crippen LogP contribution in [0.25, 0.3) is 0 Å². The van der Waals surface area contributed by atoms with Gasteiger partial charge in [0, 0.05) is 0 Å². The van der Waals surface area contributed by atoms with E-state index in [1.54, 1.807) is 7.11 Å². The average Bonchev–Trinajstić information content (AvgIpc) is 2.24. The van der Waals surface area contributed by atoms with Crippen molar-refractivity contribution in [2.75, 3.05) is 7.11 Å². The maximum Gasteiger partial charge on any atom is 0.122 e. The Bertz CT molecular complexity index is 376. The standard InChI is InChI=1S/C12H17NO2/c1-7-10(14-3)5-4-9-6-15-8(2)12(13)11(7)9/h4-5,8,12H,6,13H2,1-3H3/t8-,12+/m0/s1. The number of nitrogens with two attached hydrogens (primary N) is 1. The lowest BCUT2D eigenvalue weighted by molar-refractivity contribution is 0.0210. The third-order valence-electron chi connectivity index (χ3n) is 3.12. The third-order valence-corrected chi connectivity index (χ3v) is 3.12. The minimum Gasteiger partial charge on any atom is -0.496 e. The Labute approximate surface area is 90.2 Å². The van der Waals surface area contributed by atoms with Gasteiger partial charge in [0.25, 0.3) is 0 Å². The SMILES string of the molecule is COc1ccc2c(c1C)[C@H](N)[C@H](C)OC2. The van der Waals surface area contributed by atoms with Gasteiger partial charge in [-0.3, -0.25) is 0 Å². The van der Waals surface area contributed by atoms with Gasteiger partial charge in [0.05, 0.1) is 25.9 Å². The van der Waals surface area contributed by atoms with E-state index < -0.39 is 0 Å². The Balaban J connectivity index is 2.53. The quantitative estimate of drug-likeness (QED) is 0.765. The van der Waals surface area contributed by atoms with Crippen LogP contribution in [0, 0.1) is 6.92 Å². The van der Waals surface area contributed by atoms with Crippen molar-refractivity contribution in [1.29, 1.82) is 0 Å². The fourth-order valence-corrected chi connectivity index (χ4v) is 2.14. The largest absolute Gasteiger partial charge is 0.496 e. The van der Waals surface area contributed by atoms with Gasteiger partial charge < -0.3 is 15.2 Å². The Kier molecular flexibility index (Phi) is 2.67. The van der Waals surface area contributed by atoms with Crippen LogP contribution >= 0.6 is 0 Å². The van der Waals surface area contributed by atoms with Crippen molar-refractivity contribution in [2.45, 2.75) is 32.6 Å². The number of methoxy groups -OCH3 is 1. The number of hydrogen-bond acceptors (Lipinski definition) is 3. The summed E-state index contributed by atoms with van der Waals surface area (Å²) >= 11 is 0. The summed E-state index contributed by atoms with van der Waals surface area (Å²) in [5.41, 5.74) is 9.64. The van der Waals surface area contributed by atoms with E-state index in [0.717, 1.165) is 11.3 Å². The van der Waals surface area contributed by atoms with Gasteiger partial charge in [0.15, 0.2) is 0 Å². The third kappa shape index (κ3) is 1.62. The molecule has 2 rings (SSSR count).